The average molecular weight is 125 g/mol. The van der Waals surface area contributed by atoms with Crippen LogP contribution in [0, 0.1) is 6.57 Å². The van der Waals surface area contributed by atoms with E-state index in [1.165, 1.54) is 0 Å². The predicted octanol–water partition coefficient (Wildman–Crippen LogP) is 1.22. The van der Waals surface area contributed by atoms with Crippen LogP contribution in [0.3, 0.4) is 0 Å². The lowest BCUT2D eigenvalue weighted by Gasteiger charge is -2.15. The molecule has 0 aromatic heterocycles. The highest BCUT2D eigenvalue weighted by atomic mass is 14.7. The van der Waals surface area contributed by atoms with Gasteiger partial charge in [-0.25, -0.2) is 0 Å². The summed E-state index contributed by atoms with van der Waals surface area (Å²) in [5, 5.41) is 0. The van der Waals surface area contributed by atoms with Gasteiger partial charge in [0.25, 0.3) is 12.6 Å². The number of nitrogens with two attached hydrogens (primary N) is 1. The Labute approximate surface area is 55.9 Å². The third kappa shape index (κ3) is 1.69. The maximum Gasteiger partial charge on any atom is 0.272 e. The van der Waals surface area contributed by atoms with E-state index in [2.05, 4.69) is 4.85 Å². The minimum Gasteiger partial charge on any atom is -0.328 e. The number of hydrogen-bond acceptors (Lipinski definition) is 1. The standard InChI is InChI=1S/C7H13N2/c1-9-7-4-2-6(8)3-5-7/h1,6-7H,2-5,8H2/q+1. The van der Waals surface area contributed by atoms with Crippen LogP contribution in [-0.4, -0.2) is 12.1 Å². The van der Waals surface area contributed by atoms with E-state index in [9.17, 15) is 0 Å². The minimum atomic E-state index is 0.393. The summed E-state index contributed by atoms with van der Waals surface area (Å²) in [5.74, 6) is 0. The maximum absolute atomic E-state index is 5.67. The van der Waals surface area contributed by atoms with Crippen LogP contribution in [0.4, 0.5) is 0 Å². The fraction of sp³-hybridized carbons (Fsp3) is 0.857. The Morgan fingerprint density at radius 2 is 1.78 bits per heavy atom. The third-order valence-electron chi connectivity index (χ3n) is 1.95. The van der Waals surface area contributed by atoms with Crippen molar-refractivity contribution in [3.05, 3.63) is 4.85 Å². The van der Waals surface area contributed by atoms with Gasteiger partial charge in [-0.15, -0.1) is 0 Å². The first-order valence-corrected chi connectivity index (χ1v) is 3.48. The summed E-state index contributed by atoms with van der Waals surface area (Å²) >= 11 is 0. The molecule has 0 aromatic rings. The summed E-state index contributed by atoms with van der Waals surface area (Å²) in [5.41, 5.74) is 5.67. The quantitative estimate of drug-likeness (QED) is 0.518. The van der Waals surface area contributed by atoms with Crippen LogP contribution < -0.4 is 5.73 Å². The Kier molecular flexibility index (Phi) is 2.07. The Morgan fingerprint density at radius 3 is 2.22 bits per heavy atom. The maximum atomic E-state index is 5.67. The van der Waals surface area contributed by atoms with Crippen molar-refractivity contribution in [2.45, 2.75) is 37.8 Å². The molecule has 1 saturated carbocycles. The van der Waals surface area contributed by atoms with Crippen molar-refractivity contribution in [2.24, 2.45) is 5.73 Å². The normalized spacial score (nSPS) is 35.6. The van der Waals surface area contributed by atoms with Gasteiger partial charge >= 0.3 is 0 Å². The SMILES string of the molecule is C#[N+]C1CCC(N)CC1. The van der Waals surface area contributed by atoms with Crippen molar-refractivity contribution in [3.63, 3.8) is 0 Å². The molecule has 0 bridgehead atoms. The van der Waals surface area contributed by atoms with Crippen molar-refractivity contribution in [2.75, 3.05) is 0 Å². The molecule has 0 aromatic carbocycles. The Bertz CT molecular complexity index is 117. The molecule has 0 aliphatic heterocycles. The monoisotopic (exact) mass is 125 g/mol. The Morgan fingerprint density at radius 1 is 1.22 bits per heavy atom. The molecule has 2 heteroatoms. The van der Waals surface area contributed by atoms with Gasteiger partial charge in [-0.1, -0.05) is 4.85 Å². The van der Waals surface area contributed by atoms with Crippen LogP contribution in [0.15, 0.2) is 0 Å². The van der Waals surface area contributed by atoms with Gasteiger partial charge in [-0.05, 0) is 12.8 Å². The van der Waals surface area contributed by atoms with E-state index in [1.807, 2.05) is 0 Å². The van der Waals surface area contributed by atoms with Gasteiger partial charge in [0.05, 0.1) is 0 Å². The van der Waals surface area contributed by atoms with E-state index in [0.29, 0.717) is 12.1 Å². The average Bonchev–Trinajstić information content (AvgIpc) is 1.90. The van der Waals surface area contributed by atoms with Gasteiger partial charge < -0.3 is 5.73 Å². The lowest BCUT2D eigenvalue weighted by atomic mass is 9.92. The van der Waals surface area contributed by atoms with E-state index >= 15 is 0 Å². The van der Waals surface area contributed by atoms with Crippen LogP contribution >= 0.6 is 0 Å². The highest BCUT2D eigenvalue weighted by Gasteiger charge is 2.23. The highest BCUT2D eigenvalue weighted by Crippen LogP contribution is 2.19. The van der Waals surface area contributed by atoms with Crippen LogP contribution in [0.25, 0.3) is 4.85 Å². The van der Waals surface area contributed by atoms with Crippen molar-refractivity contribution < 1.29 is 0 Å². The predicted molar refractivity (Wildman–Crippen MR) is 38.5 cm³/mol. The largest absolute Gasteiger partial charge is 0.328 e. The molecule has 2 N–H and O–H groups in total. The summed E-state index contributed by atoms with van der Waals surface area (Å²) in [7, 11) is 0. The molecule has 1 aliphatic carbocycles. The summed E-state index contributed by atoms with van der Waals surface area (Å²) in [6, 6.07) is 0.799. The second-order valence-electron chi connectivity index (χ2n) is 2.72. The van der Waals surface area contributed by atoms with Gasteiger partial charge in [0.1, 0.15) is 0 Å². The second-order valence-corrected chi connectivity index (χ2v) is 2.72. The Hall–Kier alpha value is -0.550. The fourth-order valence-electron chi connectivity index (χ4n) is 1.25. The fourth-order valence-corrected chi connectivity index (χ4v) is 1.25. The second kappa shape index (κ2) is 2.84. The molecule has 1 rings (SSSR count). The van der Waals surface area contributed by atoms with Crippen LogP contribution in [0.2, 0.25) is 0 Å². The summed E-state index contributed by atoms with van der Waals surface area (Å²) in [6.45, 7) is 5.13. The molecule has 0 radical (unpaired) electrons. The first-order valence-electron chi connectivity index (χ1n) is 3.48. The van der Waals surface area contributed by atoms with Crippen LogP contribution in [0.1, 0.15) is 25.7 Å². The van der Waals surface area contributed by atoms with Crippen LogP contribution in [0.5, 0.6) is 0 Å². The first-order chi connectivity index (χ1) is 4.33. The van der Waals surface area contributed by atoms with Gasteiger partial charge in [-0.2, -0.15) is 0 Å². The molecule has 1 aliphatic rings. The minimum absolute atomic E-state index is 0.393. The molecular formula is C7H13N2+. The molecule has 1 fully saturated rings. The van der Waals surface area contributed by atoms with Crippen molar-refractivity contribution in [3.8, 4) is 6.57 Å². The van der Waals surface area contributed by atoms with Gasteiger partial charge in [0.2, 0.25) is 0 Å². The molecule has 0 saturated heterocycles. The zero-order chi connectivity index (χ0) is 6.69. The number of hydrogen-bond donors (Lipinski definition) is 1. The molecule has 0 unspecified atom stereocenters. The molecule has 0 amide bonds. The summed E-state index contributed by atoms with van der Waals surface area (Å²) in [4.78, 5) is 3.73. The molecule has 0 spiro atoms. The van der Waals surface area contributed by atoms with Crippen LogP contribution in [-0.2, 0) is 0 Å². The van der Waals surface area contributed by atoms with Gasteiger partial charge in [0.15, 0.2) is 0 Å². The molecular weight excluding hydrogens is 112 g/mol. The highest BCUT2D eigenvalue weighted by molar-refractivity contribution is 4.88. The van der Waals surface area contributed by atoms with E-state index in [4.69, 9.17) is 12.3 Å². The zero-order valence-electron chi connectivity index (χ0n) is 5.59. The number of nitrogens with zero attached hydrogens (tertiary/aromatic N) is 1. The van der Waals surface area contributed by atoms with Crippen molar-refractivity contribution in [1.29, 1.82) is 0 Å². The van der Waals surface area contributed by atoms with Crippen molar-refractivity contribution in [1.82, 2.24) is 0 Å². The zero-order valence-corrected chi connectivity index (χ0v) is 5.59. The lowest BCUT2D eigenvalue weighted by Crippen LogP contribution is -2.27. The van der Waals surface area contributed by atoms with Crippen molar-refractivity contribution >= 4 is 0 Å². The first kappa shape index (κ1) is 6.57. The van der Waals surface area contributed by atoms with Gasteiger partial charge in [0, 0.05) is 18.9 Å². The molecule has 0 heterocycles. The number of rotatable bonds is 0. The van der Waals surface area contributed by atoms with E-state index in [1.54, 1.807) is 0 Å². The molecule has 2 nitrogen and oxygen atoms in total. The van der Waals surface area contributed by atoms with E-state index in [-0.39, 0.29) is 0 Å². The third-order valence-corrected chi connectivity index (χ3v) is 1.95. The van der Waals surface area contributed by atoms with E-state index < -0.39 is 0 Å². The lowest BCUT2D eigenvalue weighted by molar-refractivity contribution is 0.424. The Balaban J connectivity index is 2.28. The summed E-state index contributed by atoms with van der Waals surface area (Å²) < 4.78 is 0. The topological polar surface area (TPSA) is 30.4 Å². The molecule has 50 valence electrons. The molecule has 9 heavy (non-hydrogen) atoms. The van der Waals surface area contributed by atoms with E-state index in [0.717, 1.165) is 25.7 Å². The van der Waals surface area contributed by atoms with Gasteiger partial charge in [-0.3, -0.25) is 0 Å². The smallest absolute Gasteiger partial charge is 0.272 e. The summed E-state index contributed by atoms with van der Waals surface area (Å²) in [6.07, 6.45) is 4.34. The molecule has 0 atom stereocenters.